The van der Waals surface area contributed by atoms with E-state index in [0.717, 1.165) is 118 Å². The second-order valence-electron chi connectivity index (χ2n) is 23.7. The number of hydrogen-bond donors (Lipinski definition) is 8. The van der Waals surface area contributed by atoms with Crippen molar-refractivity contribution in [3.05, 3.63) is 301 Å². The van der Waals surface area contributed by atoms with Gasteiger partial charge in [0.1, 0.15) is 22.8 Å². The number of rotatable bonds is 18. The van der Waals surface area contributed by atoms with Crippen LogP contribution in [0.2, 0.25) is 0 Å². The van der Waals surface area contributed by atoms with Crippen molar-refractivity contribution in [3.8, 4) is 33.8 Å². The molecule has 8 heterocycles. The number of ketones is 1. The number of thiocarbonyl (C=S) groups is 1. The average molecular weight is 1910 g/mol. The van der Waals surface area contributed by atoms with Gasteiger partial charge in [0, 0.05) is 118 Å². The number of esters is 3. The third-order valence-corrected chi connectivity index (χ3v) is 18.5. The van der Waals surface area contributed by atoms with Gasteiger partial charge in [-0.25, -0.2) is 64.3 Å². The number of anilines is 2. The van der Waals surface area contributed by atoms with Crippen LogP contribution in [-0.4, -0.2) is 160 Å². The number of amides is 1. The van der Waals surface area contributed by atoms with Crippen molar-refractivity contribution in [1.82, 2.24) is 39.8 Å². The van der Waals surface area contributed by atoms with Crippen LogP contribution in [0.3, 0.4) is 0 Å². The zero-order chi connectivity index (χ0) is 85.4. The number of nitrogens with one attached hydrogen (secondary N) is 5. The van der Waals surface area contributed by atoms with E-state index in [9.17, 15) is 33.6 Å². The van der Waals surface area contributed by atoms with Gasteiger partial charge in [0.2, 0.25) is 5.24 Å². The number of carboxylic acid groups (broad SMARTS) is 2. The normalized spacial score (nSPS) is 10.4. The van der Waals surface area contributed by atoms with Crippen molar-refractivity contribution in [3.63, 3.8) is 0 Å². The first-order chi connectivity index (χ1) is 56.2. The summed E-state index contributed by atoms with van der Waals surface area (Å²) in [5.74, 6) is -3.47. The van der Waals surface area contributed by atoms with E-state index < -0.39 is 34.5 Å². The first-order valence-electron chi connectivity index (χ1n) is 34.9. The standard InChI is InChI=1S/C19H19N3OS.C16H14N2O2S.C15H12N2O2S.C8H8ClNO3.C7H8N2S.C7H8O2.C6H7N.C2H2Cl2O.C2H4O2.3CH4.Al.3ClH.2Na.H2O/c23-19(22-8-4-5-9-22)16-11-15(12-20-16)17-13-24-18(21-17)10-14-6-2-1-3-7-14;1-20-16(19)13-8-12(9-17-13)14-10-21-15(18-14)7-11-5-3-2-4-6-11;18-15(19)12-7-11(8-16-12)13-9-20-14(17-13)6-10-4-2-1-3-5-10;1-13-8(12)6-2-5(4-10-6)7(11)3-9;8-7(10)9-6-4-2-1-3-5-6;1-9-7(8)6-4-2-3-5-6;7-6-4-2-1-3-5-6;3-1-2(4)5;1-2(3)4;;;;;;;;;;/h1-3,6-7,11-13,20H,4-5,8-10H2;2-6,8-10,17H,7H2,1H3;1-5,7-9,16H,6H2,(H,18,19);2,4,10H,3H2,1H3;1-5H,(H3,8,9,10);2-4H,5H2,1H3;1-5H,7H2;1H2;1H3,(H,3,4);3*1H4;;3*1H;;;1H2/q;;;;;;;;;;;;+3;;;;2*+1;/p-5. The number of alkyl halides is 2. The molecule has 1 saturated heterocycles. The zero-order valence-corrected chi connectivity index (χ0v) is 78.8. The molecule has 0 bridgehead atoms. The smallest absolute Gasteiger partial charge is 0.870 e. The first kappa shape index (κ1) is 117. The maximum atomic E-state index is 12.4. The van der Waals surface area contributed by atoms with Crippen molar-refractivity contribution in [1.29, 1.82) is 0 Å². The van der Waals surface area contributed by atoms with Gasteiger partial charge in [-0.05, 0) is 115 Å². The van der Waals surface area contributed by atoms with E-state index in [1.807, 2.05) is 155 Å². The number of Topliss-reactive ketones (excluding diaryl/α,β-unsaturated/α-hetero) is 1. The van der Waals surface area contributed by atoms with Crippen LogP contribution in [-0.2, 0) is 47.9 Å². The molecule has 14 rings (SSSR count). The van der Waals surface area contributed by atoms with Crippen LogP contribution in [0.1, 0.15) is 132 Å². The summed E-state index contributed by atoms with van der Waals surface area (Å²) in [7, 11) is 18.9. The number of carbonyl (C=O) groups excluding carboxylic acids is 7. The first-order valence-corrected chi connectivity index (χ1v) is 44.6. The molecule has 1 aliphatic heterocycles. The maximum absolute atomic E-state index is 12.4. The summed E-state index contributed by atoms with van der Waals surface area (Å²) in [6.07, 6.45) is 17.7. The van der Waals surface area contributed by atoms with Crippen LogP contribution in [0.4, 0.5) is 11.4 Å². The van der Waals surface area contributed by atoms with Gasteiger partial charge in [-0.3, -0.25) is 14.4 Å². The molecule has 1 fully saturated rings. The molecule has 2 aliphatic rings. The fourth-order valence-corrected chi connectivity index (χ4v) is 12.6. The monoisotopic (exact) mass is 1900 g/mol. The van der Waals surface area contributed by atoms with Gasteiger partial charge in [0.25, 0.3) is 5.91 Å². The van der Waals surface area contributed by atoms with Crippen LogP contribution in [0, 0.1) is 0 Å². The summed E-state index contributed by atoms with van der Waals surface area (Å²) < 4.78 is 13.6. The Labute approximate surface area is 809 Å². The largest absolute Gasteiger partial charge is 1.00 e. The number of carboxylic acids is 2. The van der Waals surface area contributed by atoms with Gasteiger partial charge >= 0.3 is 94.4 Å². The molecule has 0 unspecified atom stereocenters. The summed E-state index contributed by atoms with van der Waals surface area (Å²) >= 11 is 22.7. The molecule has 644 valence electrons. The molecule has 38 heteroatoms. The Morgan fingerprint density at radius 3 is 1.23 bits per heavy atom. The molecule has 0 atom stereocenters. The second-order valence-corrected chi connectivity index (χ2v) is 34.4. The number of thiazole rings is 3. The van der Waals surface area contributed by atoms with Gasteiger partial charge in [-0.2, -0.15) is 0 Å². The minimum atomic E-state index is -1.72. The van der Waals surface area contributed by atoms with E-state index in [-0.39, 0.29) is 134 Å². The van der Waals surface area contributed by atoms with Crippen LogP contribution >= 0.6 is 111 Å². The third-order valence-electron chi connectivity index (χ3n) is 15.1. The number of aliphatic carboxylic acids is 1. The number of nitrogens with zero attached hydrogens (tertiary/aromatic N) is 4. The zero-order valence-electron chi connectivity index (χ0n) is 65.8. The second kappa shape index (κ2) is 66.0. The van der Waals surface area contributed by atoms with E-state index in [1.54, 1.807) is 64.6 Å². The molecule has 25 nitrogen and oxygen atoms in total. The van der Waals surface area contributed by atoms with Crippen molar-refractivity contribution >= 4 is 186 Å². The quantitative estimate of drug-likeness (QED) is 0.00578. The van der Waals surface area contributed by atoms with Gasteiger partial charge in [-0.1, -0.05) is 168 Å². The molecule has 12 aromatic rings. The van der Waals surface area contributed by atoms with Crippen LogP contribution in [0.5, 0.6) is 0 Å². The molecule has 0 saturated carbocycles. The van der Waals surface area contributed by atoms with Gasteiger partial charge in [0.05, 0.1) is 65.2 Å². The fraction of sp³-hybridized carbons (Fsp3) is 0.200. The number of aromatic carboxylic acids is 1. The van der Waals surface area contributed by atoms with E-state index >= 15 is 0 Å². The Hall–Kier alpha value is -8.53. The predicted molar refractivity (Wildman–Crippen MR) is 493 cm³/mol. The molecule has 7 aromatic heterocycles. The molecule has 1 aliphatic carbocycles. The maximum Gasteiger partial charge on any atom is 1.00 e. The minimum absolute atomic E-state index is 0. The molecular weight excluding hydrogens is 1810 g/mol. The number of hydrogen-bond acceptors (Lipinski definition) is 21. The number of nitrogens with two attached hydrogens (primary N) is 2. The summed E-state index contributed by atoms with van der Waals surface area (Å²) in [5, 5.41) is 29.6. The summed E-state index contributed by atoms with van der Waals surface area (Å²) in [6.45, 7) is 2.70. The Balaban J connectivity index is 0. The van der Waals surface area contributed by atoms with Crippen molar-refractivity contribution in [2.75, 3.05) is 57.2 Å². The minimum Gasteiger partial charge on any atom is -0.870 e. The number of halogens is 6. The Morgan fingerprint density at radius 2 is 0.902 bits per heavy atom. The number of ether oxygens (including phenoxy) is 3. The molecular formula is C85H94AlCl6N11Na2O14S4. The number of likely N-dealkylation sites (tertiary alicyclic amines) is 1. The molecule has 123 heavy (non-hydrogen) atoms. The van der Waals surface area contributed by atoms with E-state index in [2.05, 4.69) is 103 Å². The number of nitrogen functional groups attached to an aromatic ring is 1. The van der Waals surface area contributed by atoms with E-state index in [0.29, 0.717) is 28.5 Å². The van der Waals surface area contributed by atoms with Crippen molar-refractivity contribution in [2.24, 2.45) is 5.73 Å². The van der Waals surface area contributed by atoms with Gasteiger partial charge in [-0.15, -0.1) is 57.2 Å². The predicted octanol–water partition coefficient (Wildman–Crippen LogP) is 13.0. The summed E-state index contributed by atoms with van der Waals surface area (Å²) in [4.78, 5) is 113. The Bertz CT molecular complexity index is 5080. The number of para-hydroxylation sites is 2. The van der Waals surface area contributed by atoms with Crippen LogP contribution in [0.15, 0.2) is 241 Å². The third kappa shape index (κ3) is 46.3. The number of methoxy groups -OCH3 is 3. The Kier molecular flexibility index (Phi) is 62.5. The average Bonchev–Trinajstić information content (AvgIpc) is 1.69. The number of carbonyl (C=O) groups is 8. The number of aromatic nitrogens is 7. The van der Waals surface area contributed by atoms with Crippen LogP contribution < -0.4 is 81.0 Å². The number of aromatic amines is 4. The SMILES string of the molecule is C.C.C.CC(=O)[O-].COC(=O)C1=CC=CC1.COC(=O)c1cc(-c2csc(Cc3ccccc3)n2)c[nH]1.COC(=O)c1cc(C(=O)CCl)c[nH]1.NC(=S)Nc1ccccc1.Nc1ccccc1.O=C(Cl)CCl.O=C(O)c1cc(-c2csc(Cc3ccccc3)n2)c[nH]1.O=C(c1cc(-c2csc(Cc3ccccc3)n2)c[nH]1)N1CCCC1.[Cl][Al]([Cl])[Cl].[Na+].[Na+].[OH-]. The fourth-order valence-electron chi connectivity index (χ4n) is 9.78. The van der Waals surface area contributed by atoms with Crippen LogP contribution in [0.25, 0.3) is 33.8 Å². The molecule has 0 spiro atoms. The summed E-state index contributed by atoms with van der Waals surface area (Å²) in [6, 6.07) is 56.5. The molecule has 5 aromatic carbocycles. The van der Waals surface area contributed by atoms with Gasteiger partial charge < -0.3 is 76.3 Å². The molecule has 0 radical (unpaired) electrons. The van der Waals surface area contributed by atoms with Gasteiger partial charge in [0.15, 0.2) is 10.9 Å². The topological polar surface area (TPSA) is 407 Å². The van der Waals surface area contributed by atoms with E-state index in [4.69, 9.17) is 96.4 Å². The molecule has 1 amide bonds. The van der Waals surface area contributed by atoms with E-state index in [1.165, 1.54) is 50.3 Å². The molecule has 11 N–H and O–H groups in total. The summed E-state index contributed by atoms with van der Waals surface area (Å²) in [5.41, 5.74) is 24.0. The van der Waals surface area contributed by atoms with Crippen molar-refractivity contribution in [2.45, 2.75) is 67.7 Å². The van der Waals surface area contributed by atoms with Crippen molar-refractivity contribution < 1.29 is 127 Å². The Morgan fingerprint density at radius 1 is 0.561 bits per heavy atom. The number of H-pyrrole nitrogens is 4. The number of benzene rings is 5. The number of allylic oxidation sites excluding steroid dienone is 3.